The Morgan fingerprint density at radius 2 is 2.05 bits per heavy atom. The van der Waals surface area contributed by atoms with Crippen LogP contribution in [0.2, 0.25) is 0 Å². The van der Waals surface area contributed by atoms with Crippen LogP contribution in [0.4, 0.5) is 5.69 Å². The number of pyridine rings is 1. The van der Waals surface area contributed by atoms with Crippen LogP contribution in [0.5, 0.6) is 5.88 Å². The predicted molar refractivity (Wildman–Crippen MR) is 72.8 cm³/mol. The summed E-state index contributed by atoms with van der Waals surface area (Å²) in [5.41, 5.74) is 2.52. The quantitative estimate of drug-likeness (QED) is 0.512. The van der Waals surface area contributed by atoms with Crippen molar-refractivity contribution in [2.75, 3.05) is 0 Å². The number of nitrogens with zero attached hydrogens (tertiary/aromatic N) is 3. The molecule has 1 aliphatic rings. The van der Waals surface area contributed by atoms with E-state index in [1.54, 1.807) is 10.8 Å². The molecule has 4 rings (SSSR count). The van der Waals surface area contributed by atoms with Crippen LogP contribution in [0.15, 0.2) is 41.5 Å². The molecule has 0 saturated carbocycles. The van der Waals surface area contributed by atoms with Gasteiger partial charge >= 0.3 is 0 Å². The Balaban J connectivity index is 2.32. The largest absolute Gasteiger partial charge is 0.494 e. The van der Waals surface area contributed by atoms with Crippen molar-refractivity contribution in [3.63, 3.8) is 0 Å². The Bertz CT molecular complexity index is 938. The van der Waals surface area contributed by atoms with Crippen LogP contribution in [0.1, 0.15) is 5.69 Å². The smallest absolute Gasteiger partial charge is 0.199 e. The maximum absolute atomic E-state index is 10.2. The van der Waals surface area contributed by atoms with Gasteiger partial charge in [0.05, 0.1) is 11.4 Å². The molecule has 92 valence electrons. The zero-order valence-electron chi connectivity index (χ0n) is 10.3. The minimum atomic E-state index is 0.269. The first kappa shape index (κ1) is 10.3. The number of benzene rings is 1. The Morgan fingerprint density at radius 1 is 1.16 bits per heavy atom. The molecule has 1 N–H and O–H groups in total. The summed E-state index contributed by atoms with van der Waals surface area (Å²) in [5.74, 6) is 0.269. The first-order valence-electron chi connectivity index (χ1n) is 6.07. The molecule has 0 radical (unpaired) electrons. The highest BCUT2D eigenvalue weighted by molar-refractivity contribution is 6.02. The Kier molecular flexibility index (Phi) is 1.87. The van der Waals surface area contributed by atoms with Gasteiger partial charge in [0.15, 0.2) is 11.4 Å². The topological polar surface area (TPSA) is 50.4 Å². The van der Waals surface area contributed by atoms with Gasteiger partial charge in [-0.25, -0.2) is 9.98 Å². The zero-order chi connectivity index (χ0) is 13.0. The van der Waals surface area contributed by atoms with Gasteiger partial charge in [0.1, 0.15) is 0 Å². The van der Waals surface area contributed by atoms with Crippen LogP contribution in [-0.4, -0.2) is 14.7 Å². The molecule has 3 heterocycles. The standard InChI is InChI=1S/C15H11N3O/c1-18-12-8-9-4-3-7-16-14(9)17-11-6-2-5-10(13(11)12)15(18)19/h2-8,19H,1H3. The highest BCUT2D eigenvalue weighted by atomic mass is 16.3. The summed E-state index contributed by atoms with van der Waals surface area (Å²) in [6.07, 6.45) is 3.76. The van der Waals surface area contributed by atoms with E-state index >= 15 is 0 Å². The molecule has 0 unspecified atom stereocenters. The fourth-order valence-corrected chi connectivity index (χ4v) is 2.60. The minimum absolute atomic E-state index is 0.269. The van der Waals surface area contributed by atoms with Gasteiger partial charge < -0.3 is 9.67 Å². The second-order valence-electron chi connectivity index (χ2n) is 4.64. The summed E-state index contributed by atoms with van der Waals surface area (Å²) >= 11 is 0. The molecule has 0 aliphatic carbocycles. The first-order chi connectivity index (χ1) is 9.25. The number of hydrogen-bond acceptors (Lipinski definition) is 3. The normalized spacial score (nSPS) is 12.5. The third kappa shape index (κ3) is 1.28. The Morgan fingerprint density at radius 3 is 2.95 bits per heavy atom. The van der Waals surface area contributed by atoms with Crippen molar-refractivity contribution in [3.8, 4) is 5.88 Å². The van der Waals surface area contributed by atoms with Crippen LogP contribution in [-0.2, 0) is 7.05 Å². The average molecular weight is 249 g/mol. The van der Waals surface area contributed by atoms with E-state index in [1.165, 1.54) is 0 Å². The van der Waals surface area contributed by atoms with E-state index in [9.17, 15) is 5.11 Å². The van der Waals surface area contributed by atoms with E-state index in [0.29, 0.717) is 5.49 Å². The second kappa shape index (κ2) is 3.45. The van der Waals surface area contributed by atoms with Crippen LogP contribution < -0.4 is 10.7 Å². The maximum atomic E-state index is 10.2. The highest BCUT2D eigenvalue weighted by Gasteiger charge is 2.16. The fraction of sp³-hybridized carbons (Fsp3) is 0.0667. The van der Waals surface area contributed by atoms with Crippen LogP contribution >= 0.6 is 0 Å². The molecule has 0 atom stereocenters. The average Bonchev–Trinajstić information content (AvgIpc) is 2.61. The van der Waals surface area contributed by atoms with Crippen molar-refractivity contribution in [2.24, 2.45) is 12.0 Å². The SMILES string of the molecule is Cn1c(O)c2cccc3c2c1C=c1cccnc1=N3. The van der Waals surface area contributed by atoms with Crippen molar-refractivity contribution in [1.82, 2.24) is 9.55 Å². The molecule has 0 bridgehead atoms. The van der Waals surface area contributed by atoms with Gasteiger partial charge in [0, 0.05) is 29.2 Å². The molecule has 4 nitrogen and oxygen atoms in total. The summed E-state index contributed by atoms with van der Waals surface area (Å²) in [7, 11) is 1.85. The molecule has 0 saturated heterocycles. The van der Waals surface area contributed by atoms with E-state index in [0.717, 1.165) is 27.4 Å². The predicted octanol–water partition coefficient (Wildman–Crippen LogP) is 1.37. The molecular formula is C15H11N3O. The molecule has 0 spiro atoms. The van der Waals surface area contributed by atoms with Gasteiger partial charge in [-0.1, -0.05) is 6.07 Å². The van der Waals surface area contributed by atoms with Crippen LogP contribution in [0, 0.1) is 0 Å². The van der Waals surface area contributed by atoms with E-state index in [1.807, 2.05) is 43.5 Å². The third-order valence-electron chi connectivity index (χ3n) is 3.55. The number of rotatable bonds is 0. The summed E-state index contributed by atoms with van der Waals surface area (Å²) in [5, 5.41) is 12.9. The fourth-order valence-electron chi connectivity index (χ4n) is 2.60. The molecule has 0 fully saturated rings. The van der Waals surface area contributed by atoms with E-state index in [2.05, 4.69) is 9.98 Å². The van der Waals surface area contributed by atoms with Crippen molar-refractivity contribution in [3.05, 3.63) is 52.9 Å². The van der Waals surface area contributed by atoms with Gasteiger partial charge in [-0.05, 0) is 30.3 Å². The van der Waals surface area contributed by atoms with Gasteiger partial charge in [-0.15, -0.1) is 0 Å². The number of hydrogen-bond donors (Lipinski definition) is 1. The number of fused-ring (bicyclic) bond motifs is 1. The lowest BCUT2D eigenvalue weighted by molar-refractivity contribution is 0.437. The second-order valence-corrected chi connectivity index (χ2v) is 4.64. The molecular weight excluding hydrogens is 238 g/mol. The van der Waals surface area contributed by atoms with Gasteiger partial charge in [-0.2, -0.15) is 0 Å². The van der Waals surface area contributed by atoms with E-state index in [4.69, 9.17) is 0 Å². The lowest BCUT2D eigenvalue weighted by Gasteiger charge is -1.98. The molecule has 1 aromatic carbocycles. The summed E-state index contributed by atoms with van der Waals surface area (Å²) in [6.45, 7) is 0. The highest BCUT2D eigenvalue weighted by Crippen LogP contribution is 2.37. The zero-order valence-corrected chi connectivity index (χ0v) is 10.3. The number of aromatic hydroxyl groups is 1. The van der Waals surface area contributed by atoms with E-state index in [-0.39, 0.29) is 5.88 Å². The van der Waals surface area contributed by atoms with Crippen LogP contribution in [0.25, 0.3) is 16.8 Å². The lowest BCUT2D eigenvalue weighted by Crippen LogP contribution is -2.27. The minimum Gasteiger partial charge on any atom is -0.494 e. The van der Waals surface area contributed by atoms with Crippen molar-refractivity contribution < 1.29 is 5.11 Å². The van der Waals surface area contributed by atoms with Crippen LogP contribution in [0.3, 0.4) is 0 Å². The Labute approximate surface area is 109 Å². The molecule has 1 aliphatic heterocycles. The van der Waals surface area contributed by atoms with E-state index < -0.39 is 0 Å². The molecule has 2 aromatic heterocycles. The van der Waals surface area contributed by atoms with Gasteiger partial charge in [0.2, 0.25) is 0 Å². The van der Waals surface area contributed by atoms with Crippen molar-refractivity contribution in [2.45, 2.75) is 0 Å². The molecule has 3 aromatic rings. The van der Waals surface area contributed by atoms with Gasteiger partial charge in [0.25, 0.3) is 0 Å². The lowest BCUT2D eigenvalue weighted by atomic mass is 10.1. The molecule has 4 heteroatoms. The Hall–Kier alpha value is -2.62. The summed E-state index contributed by atoms with van der Waals surface area (Å²) in [6, 6.07) is 9.63. The molecule has 0 amide bonds. The van der Waals surface area contributed by atoms with Crippen molar-refractivity contribution in [1.29, 1.82) is 0 Å². The number of aromatic nitrogens is 2. The summed E-state index contributed by atoms with van der Waals surface area (Å²) in [4.78, 5) is 8.92. The first-order valence-corrected chi connectivity index (χ1v) is 6.07. The maximum Gasteiger partial charge on any atom is 0.199 e. The summed E-state index contributed by atoms with van der Waals surface area (Å²) < 4.78 is 1.78. The third-order valence-corrected chi connectivity index (χ3v) is 3.55. The monoisotopic (exact) mass is 249 g/mol. The molecule has 19 heavy (non-hydrogen) atoms. The van der Waals surface area contributed by atoms with Gasteiger partial charge in [-0.3, -0.25) is 0 Å². The van der Waals surface area contributed by atoms with Crippen molar-refractivity contribution >= 4 is 22.5 Å².